The Morgan fingerprint density at radius 1 is 1.00 bits per heavy atom. The molecule has 0 aromatic carbocycles. The summed E-state index contributed by atoms with van der Waals surface area (Å²) in [5.74, 6) is -3.69. The van der Waals surface area contributed by atoms with Gasteiger partial charge in [-0.15, -0.1) is 0 Å². The lowest BCUT2D eigenvalue weighted by Crippen LogP contribution is -2.64. The van der Waals surface area contributed by atoms with Gasteiger partial charge in [0.15, 0.2) is 0 Å². The highest BCUT2D eigenvalue weighted by molar-refractivity contribution is 7.51. The van der Waals surface area contributed by atoms with Crippen LogP contribution in [0, 0.1) is 0 Å². The highest BCUT2D eigenvalue weighted by atomic mass is 31.2. The van der Waals surface area contributed by atoms with Gasteiger partial charge < -0.3 is 0 Å². The van der Waals surface area contributed by atoms with Crippen molar-refractivity contribution in [2.45, 2.75) is 18.0 Å². The van der Waals surface area contributed by atoms with Crippen LogP contribution in [0.3, 0.4) is 0 Å². The van der Waals surface area contributed by atoms with Gasteiger partial charge in [-0.3, -0.25) is 5.73 Å². The first-order valence-corrected chi connectivity index (χ1v) is 6.50. The Hall–Kier alpha value is 0.180. The van der Waals surface area contributed by atoms with Crippen molar-refractivity contribution in [1.29, 1.82) is 0 Å². The summed E-state index contributed by atoms with van der Waals surface area (Å²) in [6.07, 6.45) is -1.13. The quantitative estimate of drug-likeness (QED) is 0.586. The van der Waals surface area contributed by atoms with E-state index in [1.165, 1.54) is 0 Å². The van der Waals surface area contributed by atoms with Gasteiger partial charge in [-0.1, -0.05) is 0 Å². The largest absolute Gasteiger partial charge is 0.485 e. The molecule has 0 saturated carbocycles. The molecule has 0 aromatic heterocycles. The van der Waals surface area contributed by atoms with Gasteiger partial charge in [0.05, 0.1) is 0 Å². The van der Waals surface area contributed by atoms with Gasteiger partial charge in [-0.25, -0.2) is 36.3 Å². The maximum absolute atomic E-state index is 11.3. The Bertz CT molecular complexity index is 424. The summed E-state index contributed by atoms with van der Waals surface area (Å²) in [4.78, 5) is 0. The van der Waals surface area contributed by atoms with Crippen LogP contribution in [-0.4, -0.2) is 18.0 Å². The molecule has 0 aromatic rings. The summed E-state index contributed by atoms with van der Waals surface area (Å²) in [6, 6.07) is 0. The molecule has 1 unspecified atom stereocenters. The zero-order chi connectivity index (χ0) is 9.82. The molecule has 1 spiro atoms. The number of phosphoric acid groups is 2. The van der Waals surface area contributed by atoms with Crippen molar-refractivity contribution >= 4 is 15.6 Å². The molecule has 14 heavy (non-hydrogen) atoms. The van der Waals surface area contributed by atoms with Gasteiger partial charge in [-0.05, 0) is 0 Å². The molecule has 1 atom stereocenters. The molecule has 6 saturated heterocycles. The third-order valence-corrected chi connectivity index (χ3v) is 5.11. The van der Waals surface area contributed by atoms with Gasteiger partial charge in [-0.2, -0.15) is 0 Å². The van der Waals surface area contributed by atoms with E-state index in [1.54, 1.807) is 0 Å². The molecular weight excluding hydrogens is 240 g/mol. The lowest BCUT2D eigenvalue weighted by molar-refractivity contribution is -0.294. The fourth-order valence-electron chi connectivity index (χ4n) is 1.65. The normalized spacial score (nSPS) is 73.4. The van der Waals surface area contributed by atoms with E-state index in [0.29, 0.717) is 0 Å². The van der Waals surface area contributed by atoms with Crippen LogP contribution in [0.5, 0.6) is 0 Å². The first-order valence-electron chi connectivity index (χ1n) is 3.58. The van der Waals surface area contributed by atoms with Crippen LogP contribution in [0.25, 0.3) is 0 Å². The minimum absolute atomic E-state index is 1.13. The van der Waals surface area contributed by atoms with Gasteiger partial charge in [0.1, 0.15) is 0 Å². The van der Waals surface area contributed by atoms with E-state index in [1.807, 2.05) is 0 Å². The zero-order valence-corrected chi connectivity index (χ0v) is 8.10. The summed E-state index contributed by atoms with van der Waals surface area (Å²) >= 11 is 0. The minimum Gasteiger partial charge on any atom is -0.274 e. The summed E-state index contributed by atoms with van der Waals surface area (Å²) in [6.45, 7) is 0. The van der Waals surface area contributed by atoms with Crippen molar-refractivity contribution < 1.29 is 36.3 Å². The molecule has 11 heteroatoms. The summed E-state index contributed by atoms with van der Waals surface area (Å²) < 4.78 is 51.0. The maximum Gasteiger partial charge on any atom is 0.485 e. The Labute approximate surface area is 76.6 Å². The fraction of sp³-hybridized carbons (Fsp3) is 1.00. The van der Waals surface area contributed by atoms with Crippen molar-refractivity contribution in [1.82, 2.24) is 0 Å². The number of nitrogens with two attached hydrogens (primary N) is 1. The van der Waals surface area contributed by atoms with E-state index in [-0.39, 0.29) is 0 Å². The zero-order valence-electron chi connectivity index (χ0n) is 6.32. The first-order chi connectivity index (χ1) is 6.39. The standard InChI is InChI=1S/C3H3NO8P2/c4-3-2(10-14(6,11-3)12-3)1-7-13(5,8-1)9-2/h1H,4H2. The lowest BCUT2D eigenvalue weighted by Gasteiger charge is -2.34. The molecule has 6 rings (SSSR count). The van der Waals surface area contributed by atoms with E-state index >= 15 is 0 Å². The van der Waals surface area contributed by atoms with Crippen LogP contribution in [0.15, 0.2) is 0 Å². The second-order valence-corrected chi connectivity index (χ2v) is 6.08. The maximum atomic E-state index is 11.3. The van der Waals surface area contributed by atoms with Crippen LogP contribution >= 0.6 is 15.6 Å². The smallest absolute Gasteiger partial charge is 0.274 e. The molecule has 4 bridgehead atoms. The Kier molecular flexibility index (Phi) is 1.06. The number of hydrogen-bond donors (Lipinski definition) is 1. The highest BCUT2D eigenvalue weighted by Crippen LogP contribution is 2.86. The van der Waals surface area contributed by atoms with Gasteiger partial charge in [0, 0.05) is 0 Å². The number of rotatable bonds is 0. The minimum atomic E-state index is -3.65. The summed E-state index contributed by atoms with van der Waals surface area (Å²) in [5, 5.41) is 0. The molecule has 9 nitrogen and oxygen atoms in total. The monoisotopic (exact) mass is 243 g/mol. The second kappa shape index (κ2) is 1.78. The Morgan fingerprint density at radius 2 is 1.57 bits per heavy atom. The fourth-order valence-corrected chi connectivity index (χ4v) is 4.73. The third kappa shape index (κ3) is 0.629. The number of phosphoric ester groups is 2. The molecular formula is C3H3NO8P2. The molecule has 6 fully saturated rings. The number of hydrogen-bond acceptors (Lipinski definition) is 9. The summed E-state index contributed by atoms with van der Waals surface area (Å²) in [7, 11) is -7.23. The van der Waals surface area contributed by atoms with Gasteiger partial charge >= 0.3 is 27.3 Å². The summed E-state index contributed by atoms with van der Waals surface area (Å²) in [5.41, 5.74) is 5.50. The van der Waals surface area contributed by atoms with Crippen molar-refractivity contribution in [2.75, 3.05) is 0 Å². The third-order valence-electron chi connectivity index (χ3n) is 2.24. The Morgan fingerprint density at radius 3 is 1.93 bits per heavy atom. The van der Waals surface area contributed by atoms with Gasteiger partial charge in [0.2, 0.25) is 6.29 Å². The van der Waals surface area contributed by atoms with Crippen LogP contribution in [-0.2, 0) is 36.3 Å². The van der Waals surface area contributed by atoms with E-state index in [9.17, 15) is 9.13 Å². The topological polar surface area (TPSA) is 116 Å². The van der Waals surface area contributed by atoms with Crippen molar-refractivity contribution in [3.8, 4) is 0 Å². The average Bonchev–Trinajstić information content (AvgIpc) is 2.45. The molecule has 6 heterocycles. The van der Waals surface area contributed by atoms with E-state index in [4.69, 9.17) is 23.8 Å². The van der Waals surface area contributed by atoms with E-state index in [2.05, 4.69) is 9.05 Å². The molecule has 6 aliphatic rings. The molecule has 0 aliphatic carbocycles. The van der Waals surface area contributed by atoms with E-state index in [0.717, 1.165) is 0 Å². The van der Waals surface area contributed by atoms with Crippen molar-refractivity contribution in [3.05, 3.63) is 0 Å². The average molecular weight is 243 g/mol. The van der Waals surface area contributed by atoms with Crippen LogP contribution in [0.1, 0.15) is 0 Å². The molecule has 78 valence electrons. The highest BCUT2D eigenvalue weighted by Gasteiger charge is 2.91. The predicted octanol–water partition coefficient (Wildman–Crippen LogP) is -0.00850. The molecule has 2 N–H and O–H groups in total. The molecule has 6 aliphatic heterocycles. The van der Waals surface area contributed by atoms with Crippen LogP contribution in [0.2, 0.25) is 0 Å². The van der Waals surface area contributed by atoms with Crippen LogP contribution < -0.4 is 5.73 Å². The van der Waals surface area contributed by atoms with Crippen molar-refractivity contribution in [2.24, 2.45) is 5.73 Å². The van der Waals surface area contributed by atoms with Crippen LogP contribution in [0.4, 0.5) is 0 Å². The van der Waals surface area contributed by atoms with E-state index < -0.39 is 33.6 Å². The molecule has 0 amide bonds. The predicted molar refractivity (Wildman–Crippen MR) is 35.2 cm³/mol. The molecule has 0 radical (unpaired) electrons. The first kappa shape index (κ1) is 8.35. The Balaban J connectivity index is 1.87. The van der Waals surface area contributed by atoms with Gasteiger partial charge in [0.25, 0.3) is 0 Å². The lowest BCUT2D eigenvalue weighted by atomic mass is 10.2. The SMILES string of the molecule is NC12OP(=O)(O1)OC21OP2(=O)OC1O2. The van der Waals surface area contributed by atoms with Crippen molar-refractivity contribution in [3.63, 3.8) is 0 Å². The second-order valence-electron chi connectivity index (χ2n) is 3.14.